The monoisotopic (exact) mass is 223 g/mol. The Labute approximate surface area is 95.9 Å². The fourth-order valence-corrected chi connectivity index (χ4v) is 1.26. The van der Waals surface area contributed by atoms with E-state index in [2.05, 4.69) is 19.2 Å². The fourth-order valence-electron chi connectivity index (χ4n) is 1.26. The number of carbonyl (C=O) groups excluding carboxylic acids is 1. The van der Waals surface area contributed by atoms with Gasteiger partial charge in [-0.1, -0.05) is 26.0 Å². The van der Waals surface area contributed by atoms with Gasteiger partial charge in [-0.3, -0.25) is 4.79 Å². The van der Waals surface area contributed by atoms with Crippen molar-refractivity contribution < 1.29 is 9.18 Å². The van der Waals surface area contributed by atoms with Crippen molar-refractivity contribution in [2.75, 3.05) is 0 Å². The Hall–Kier alpha value is -1.38. The second-order valence-electron chi connectivity index (χ2n) is 4.40. The molecule has 3 heteroatoms. The minimum atomic E-state index is -0.278. The number of hydrogen-bond acceptors (Lipinski definition) is 1. The summed E-state index contributed by atoms with van der Waals surface area (Å²) >= 11 is 0. The SMILES string of the molecule is CC(C)[C@@H](C)NC(=O)Cc1ccc(F)cc1. The third-order valence-electron chi connectivity index (χ3n) is 2.67. The van der Waals surface area contributed by atoms with Gasteiger partial charge >= 0.3 is 0 Å². The maximum absolute atomic E-state index is 12.6. The van der Waals surface area contributed by atoms with Crippen molar-refractivity contribution in [3.05, 3.63) is 35.6 Å². The third kappa shape index (κ3) is 4.01. The first-order chi connectivity index (χ1) is 7.49. The van der Waals surface area contributed by atoms with Crippen LogP contribution >= 0.6 is 0 Å². The van der Waals surface area contributed by atoms with Gasteiger partial charge in [-0.15, -0.1) is 0 Å². The first-order valence-electron chi connectivity index (χ1n) is 5.53. The first kappa shape index (κ1) is 12.7. The molecule has 0 spiro atoms. The zero-order valence-corrected chi connectivity index (χ0v) is 9.96. The van der Waals surface area contributed by atoms with Gasteiger partial charge in [0.1, 0.15) is 5.82 Å². The van der Waals surface area contributed by atoms with E-state index >= 15 is 0 Å². The van der Waals surface area contributed by atoms with Gasteiger partial charge in [0.15, 0.2) is 0 Å². The summed E-state index contributed by atoms with van der Waals surface area (Å²) in [4.78, 5) is 11.6. The van der Waals surface area contributed by atoms with Gasteiger partial charge in [-0.25, -0.2) is 4.39 Å². The highest BCUT2D eigenvalue weighted by atomic mass is 19.1. The molecule has 0 saturated heterocycles. The molecule has 0 aromatic heterocycles. The molecule has 88 valence electrons. The summed E-state index contributed by atoms with van der Waals surface area (Å²) in [6.45, 7) is 6.10. The highest BCUT2D eigenvalue weighted by Crippen LogP contribution is 2.05. The molecule has 1 atom stereocenters. The van der Waals surface area contributed by atoms with Crippen molar-refractivity contribution in [1.29, 1.82) is 0 Å². The van der Waals surface area contributed by atoms with Gasteiger partial charge in [0, 0.05) is 6.04 Å². The Morgan fingerprint density at radius 3 is 2.31 bits per heavy atom. The molecule has 0 heterocycles. The van der Waals surface area contributed by atoms with Crippen LogP contribution in [0, 0.1) is 11.7 Å². The molecule has 0 aliphatic heterocycles. The van der Waals surface area contributed by atoms with Crippen molar-refractivity contribution in [2.24, 2.45) is 5.92 Å². The van der Waals surface area contributed by atoms with Crippen LogP contribution in [0.1, 0.15) is 26.3 Å². The van der Waals surface area contributed by atoms with E-state index in [4.69, 9.17) is 0 Å². The molecule has 0 radical (unpaired) electrons. The van der Waals surface area contributed by atoms with Crippen LogP contribution in [-0.4, -0.2) is 11.9 Å². The number of benzene rings is 1. The van der Waals surface area contributed by atoms with E-state index in [1.165, 1.54) is 12.1 Å². The summed E-state index contributed by atoms with van der Waals surface area (Å²) in [5.41, 5.74) is 0.829. The number of hydrogen-bond donors (Lipinski definition) is 1. The number of rotatable bonds is 4. The number of carbonyl (C=O) groups is 1. The largest absolute Gasteiger partial charge is 0.353 e. The molecule has 1 N–H and O–H groups in total. The van der Waals surface area contributed by atoms with Crippen molar-refractivity contribution >= 4 is 5.91 Å². The lowest BCUT2D eigenvalue weighted by Gasteiger charge is -2.17. The highest BCUT2D eigenvalue weighted by Gasteiger charge is 2.10. The van der Waals surface area contributed by atoms with Gasteiger partial charge < -0.3 is 5.32 Å². The molecule has 0 fully saturated rings. The highest BCUT2D eigenvalue weighted by molar-refractivity contribution is 5.78. The second kappa shape index (κ2) is 5.64. The summed E-state index contributed by atoms with van der Waals surface area (Å²) in [6.07, 6.45) is 0.303. The summed E-state index contributed by atoms with van der Waals surface area (Å²) in [6, 6.07) is 6.17. The summed E-state index contributed by atoms with van der Waals surface area (Å²) < 4.78 is 12.6. The number of halogens is 1. The van der Waals surface area contributed by atoms with Gasteiger partial charge in [0.2, 0.25) is 5.91 Å². The zero-order valence-electron chi connectivity index (χ0n) is 9.96. The van der Waals surface area contributed by atoms with Crippen LogP contribution < -0.4 is 5.32 Å². The van der Waals surface area contributed by atoms with Crippen LogP contribution in [0.3, 0.4) is 0 Å². The van der Waals surface area contributed by atoms with Crippen LogP contribution in [0.4, 0.5) is 4.39 Å². The minimum Gasteiger partial charge on any atom is -0.353 e. The van der Waals surface area contributed by atoms with Crippen molar-refractivity contribution in [1.82, 2.24) is 5.32 Å². The molecule has 2 nitrogen and oxygen atoms in total. The Kier molecular flexibility index (Phi) is 4.47. The maximum atomic E-state index is 12.6. The Balaban J connectivity index is 2.48. The Morgan fingerprint density at radius 1 is 1.25 bits per heavy atom. The number of nitrogens with one attached hydrogen (secondary N) is 1. The number of amides is 1. The molecule has 0 saturated carbocycles. The van der Waals surface area contributed by atoms with Crippen molar-refractivity contribution in [2.45, 2.75) is 33.2 Å². The topological polar surface area (TPSA) is 29.1 Å². The molecular formula is C13H18FNO. The van der Waals surface area contributed by atoms with E-state index in [-0.39, 0.29) is 17.8 Å². The summed E-state index contributed by atoms with van der Waals surface area (Å²) in [7, 11) is 0. The molecule has 0 aliphatic carbocycles. The maximum Gasteiger partial charge on any atom is 0.224 e. The van der Waals surface area contributed by atoms with E-state index in [9.17, 15) is 9.18 Å². The first-order valence-corrected chi connectivity index (χ1v) is 5.53. The van der Waals surface area contributed by atoms with Crippen LogP contribution in [0.2, 0.25) is 0 Å². The Morgan fingerprint density at radius 2 is 1.81 bits per heavy atom. The van der Waals surface area contributed by atoms with Crippen LogP contribution in [-0.2, 0) is 11.2 Å². The van der Waals surface area contributed by atoms with Gasteiger partial charge in [0.05, 0.1) is 6.42 Å². The summed E-state index contributed by atoms with van der Waals surface area (Å²) in [5, 5.41) is 2.91. The smallest absolute Gasteiger partial charge is 0.224 e. The average molecular weight is 223 g/mol. The lowest BCUT2D eigenvalue weighted by Crippen LogP contribution is -2.37. The predicted octanol–water partition coefficient (Wildman–Crippen LogP) is 2.53. The van der Waals surface area contributed by atoms with Crippen LogP contribution in [0.5, 0.6) is 0 Å². The van der Waals surface area contributed by atoms with E-state index in [0.29, 0.717) is 12.3 Å². The quantitative estimate of drug-likeness (QED) is 0.835. The van der Waals surface area contributed by atoms with E-state index < -0.39 is 0 Å². The molecule has 1 aromatic carbocycles. The van der Waals surface area contributed by atoms with Gasteiger partial charge in [-0.05, 0) is 30.5 Å². The van der Waals surface area contributed by atoms with Crippen LogP contribution in [0.15, 0.2) is 24.3 Å². The molecule has 0 aliphatic rings. The summed E-state index contributed by atoms with van der Waals surface area (Å²) in [5.74, 6) is 0.115. The lowest BCUT2D eigenvalue weighted by atomic mass is 10.1. The third-order valence-corrected chi connectivity index (χ3v) is 2.67. The molecule has 16 heavy (non-hydrogen) atoms. The molecule has 1 amide bonds. The van der Waals surface area contributed by atoms with E-state index in [1.807, 2.05) is 6.92 Å². The minimum absolute atomic E-state index is 0.0205. The van der Waals surface area contributed by atoms with E-state index in [1.54, 1.807) is 12.1 Å². The average Bonchev–Trinajstić information content (AvgIpc) is 2.21. The molecule has 1 aromatic rings. The van der Waals surface area contributed by atoms with Crippen molar-refractivity contribution in [3.8, 4) is 0 Å². The molecule has 0 unspecified atom stereocenters. The second-order valence-corrected chi connectivity index (χ2v) is 4.40. The standard InChI is InChI=1S/C13H18FNO/c1-9(2)10(3)15-13(16)8-11-4-6-12(14)7-5-11/h4-7,9-10H,8H2,1-3H3,(H,15,16)/t10-/m1/s1. The van der Waals surface area contributed by atoms with Gasteiger partial charge in [0.25, 0.3) is 0 Å². The molecule has 1 rings (SSSR count). The molecule has 0 bridgehead atoms. The Bertz CT molecular complexity index is 345. The van der Waals surface area contributed by atoms with E-state index in [0.717, 1.165) is 5.56 Å². The van der Waals surface area contributed by atoms with Crippen LogP contribution in [0.25, 0.3) is 0 Å². The zero-order chi connectivity index (χ0) is 12.1. The predicted molar refractivity (Wildman–Crippen MR) is 62.5 cm³/mol. The molecular weight excluding hydrogens is 205 g/mol. The lowest BCUT2D eigenvalue weighted by molar-refractivity contribution is -0.121. The van der Waals surface area contributed by atoms with Gasteiger partial charge in [-0.2, -0.15) is 0 Å². The fraction of sp³-hybridized carbons (Fsp3) is 0.462. The van der Waals surface area contributed by atoms with Crippen molar-refractivity contribution in [3.63, 3.8) is 0 Å². The normalized spacial score (nSPS) is 12.6.